The number of carbonyl (C=O) groups is 1. The summed E-state index contributed by atoms with van der Waals surface area (Å²) in [6.45, 7) is 0.00992. The van der Waals surface area contributed by atoms with E-state index in [1.165, 1.54) is 24.3 Å². The predicted octanol–water partition coefficient (Wildman–Crippen LogP) is 4.17. The van der Waals surface area contributed by atoms with Crippen LogP contribution in [-0.4, -0.2) is 18.4 Å². The fraction of sp³-hybridized carbons (Fsp3) is 0.278. The Kier molecular flexibility index (Phi) is 5.00. The molecule has 1 amide bonds. The maximum Gasteiger partial charge on any atom is 0.573 e. The second-order valence-electron chi connectivity index (χ2n) is 6.24. The fourth-order valence-corrected chi connectivity index (χ4v) is 3.34. The molecule has 3 N–H and O–H groups in total. The van der Waals surface area contributed by atoms with Gasteiger partial charge in [0.1, 0.15) is 11.7 Å². The van der Waals surface area contributed by atoms with Gasteiger partial charge in [-0.15, -0.1) is 13.2 Å². The second kappa shape index (κ2) is 7.01. The van der Waals surface area contributed by atoms with Gasteiger partial charge in [0.25, 0.3) is 0 Å². The van der Waals surface area contributed by atoms with E-state index in [9.17, 15) is 31.1 Å². The van der Waals surface area contributed by atoms with Gasteiger partial charge in [0, 0.05) is 23.7 Å². The lowest BCUT2D eigenvalue weighted by Gasteiger charge is -2.29. The molecule has 10 heteroatoms. The number of primary amides is 1. The summed E-state index contributed by atoms with van der Waals surface area (Å²) in [7, 11) is 0. The Bertz CT molecular complexity index is 894. The van der Waals surface area contributed by atoms with Crippen molar-refractivity contribution in [2.45, 2.75) is 31.0 Å². The molecule has 0 spiro atoms. The Labute approximate surface area is 155 Å². The largest absolute Gasteiger partial charge is 0.573 e. The predicted molar refractivity (Wildman–Crippen MR) is 86.5 cm³/mol. The van der Waals surface area contributed by atoms with Gasteiger partial charge >= 0.3 is 12.5 Å². The van der Waals surface area contributed by atoms with Crippen LogP contribution in [0.3, 0.4) is 0 Å². The molecule has 1 unspecified atom stereocenters. The Hall–Kier alpha value is -2.75. The van der Waals surface area contributed by atoms with Crippen molar-refractivity contribution < 1.29 is 35.9 Å². The number of halogens is 6. The topological polar surface area (TPSA) is 64.4 Å². The number of rotatable bonds is 4. The number of amides is 1. The lowest BCUT2D eigenvalue weighted by atomic mass is 9.86. The van der Waals surface area contributed by atoms with E-state index in [0.717, 1.165) is 18.2 Å². The summed E-state index contributed by atoms with van der Waals surface area (Å²) < 4.78 is 83.5. The van der Waals surface area contributed by atoms with Gasteiger partial charge in [-0.2, -0.15) is 13.2 Å². The van der Waals surface area contributed by atoms with Crippen LogP contribution in [0.1, 0.15) is 39.0 Å². The SMILES string of the molecule is NC(=O)c1ccc2c(c1)CNC2[C@@H](c1ccccc1OC(F)(F)F)C(F)(F)F. The molecule has 0 saturated carbocycles. The summed E-state index contributed by atoms with van der Waals surface area (Å²) in [4.78, 5) is 11.3. The molecule has 2 aromatic carbocycles. The molecule has 2 atom stereocenters. The average Bonchev–Trinajstić information content (AvgIpc) is 2.97. The van der Waals surface area contributed by atoms with Gasteiger partial charge in [-0.25, -0.2) is 0 Å². The summed E-state index contributed by atoms with van der Waals surface area (Å²) in [6, 6.07) is 6.80. The van der Waals surface area contributed by atoms with Crippen molar-refractivity contribution in [2.24, 2.45) is 5.73 Å². The maximum absolute atomic E-state index is 13.9. The van der Waals surface area contributed by atoms with Crippen molar-refractivity contribution >= 4 is 5.91 Å². The quantitative estimate of drug-likeness (QED) is 0.752. The number of benzene rings is 2. The maximum atomic E-state index is 13.9. The molecular formula is C18H14F6N2O2. The van der Waals surface area contributed by atoms with E-state index in [1.807, 2.05) is 0 Å². The molecule has 0 bridgehead atoms. The molecule has 1 aliphatic rings. The Morgan fingerprint density at radius 2 is 1.79 bits per heavy atom. The number of nitrogens with one attached hydrogen (secondary N) is 1. The van der Waals surface area contributed by atoms with E-state index in [1.54, 1.807) is 0 Å². The number of hydrogen-bond donors (Lipinski definition) is 2. The highest BCUT2D eigenvalue weighted by atomic mass is 19.4. The molecule has 3 rings (SSSR count). The van der Waals surface area contributed by atoms with E-state index in [4.69, 9.17) is 5.73 Å². The van der Waals surface area contributed by atoms with Crippen LogP contribution in [0, 0.1) is 0 Å². The van der Waals surface area contributed by atoms with Crippen LogP contribution in [0.5, 0.6) is 5.75 Å². The highest BCUT2D eigenvalue weighted by Crippen LogP contribution is 2.49. The number of carbonyl (C=O) groups excluding carboxylic acids is 1. The summed E-state index contributed by atoms with van der Waals surface area (Å²) in [5.41, 5.74) is 5.32. The molecule has 0 aromatic heterocycles. The van der Waals surface area contributed by atoms with Crippen molar-refractivity contribution in [2.75, 3.05) is 0 Å². The third kappa shape index (κ3) is 4.06. The normalized spacial score (nSPS) is 17.9. The van der Waals surface area contributed by atoms with Gasteiger partial charge in [-0.05, 0) is 29.3 Å². The van der Waals surface area contributed by atoms with Gasteiger partial charge < -0.3 is 15.8 Å². The summed E-state index contributed by atoms with van der Waals surface area (Å²) in [6.07, 6.45) is -10.0. The monoisotopic (exact) mass is 404 g/mol. The molecule has 0 saturated heterocycles. The number of ether oxygens (including phenoxy) is 1. The highest BCUT2D eigenvalue weighted by Gasteiger charge is 2.50. The minimum absolute atomic E-state index is 0.00992. The first-order valence-corrected chi connectivity index (χ1v) is 8.05. The number of para-hydroxylation sites is 1. The zero-order valence-electron chi connectivity index (χ0n) is 14.1. The number of fused-ring (bicyclic) bond motifs is 1. The van der Waals surface area contributed by atoms with E-state index < -0.39 is 41.7 Å². The van der Waals surface area contributed by atoms with Crippen LogP contribution in [0.4, 0.5) is 26.3 Å². The average molecular weight is 404 g/mol. The minimum Gasteiger partial charge on any atom is -0.405 e. The van der Waals surface area contributed by atoms with E-state index >= 15 is 0 Å². The molecule has 150 valence electrons. The molecule has 0 aliphatic carbocycles. The van der Waals surface area contributed by atoms with Gasteiger partial charge in [0.05, 0.1) is 0 Å². The third-order valence-corrected chi connectivity index (χ3v) is 4.44. The van der Waals surface area contributed by atoms with Crippen molar-refractivity contribution in [3.05, 3.63) is 64.7 Å². The number of nitrogens with two attached hydrogens (primary N) is 1. The van der Waals surface area contributed by atoms with Crippen molar-refractivity contribution in [1.29, 1.82) is 0 Å². The first-order valence-electron chi connectivity index (χ1n) is 8.05. The van der Waals surface area contributed by atoms with Crippen molar-refractivity contribution in [3.8, 4) is 5.75 Å². The van der Waals surface area contributed by atoms with Gasteiger partial charge in [0.2, 0.25) is 5.91 Å². The lowest BCUT2D eigenvalue weighted by Crippen LogP contribution is -2.33. The van der Waals surface area contributed by atoms with Crippen LogP contribution in [0.25, 0.3) is 0 Å². The van der Waals surface area contributed by atoms with E-state index in [0.29, 0.717) is 5.56 Å². The summed E-state index contributed by atoms with van der Waals surface area (Å²) >= 11 is 0. The smallest absolute Gasteiger partial charge is 0.405 e. The third-order valence-electron chi connectivity index (χ3n) is 4.44. The second-order valence-corrected chi connectivity index (χ2v) is 6.24. The molecule has 0 radical (unpaired) electrons. The van der Waals surface area contributed by atoms with Gasteiger partial charge in [-0.1, -0.05) is 24.3 Å². The van der Waals surface area contributed by atoms with Crippen LogP contribution < -0.4 is 15.8 Å². The Balaban J connectivity index is 2.07. The van der Waals surface area contributed by atoms with Crippen LogP contribution in [-0.2, 0) is 6.54 Å². The minimum atomic E-state index is -5.14. The zero-order chi connectivity index (χ0) is 20.7. The summed E-state index contributed by atoms with van der Waals surface area (Å²) in [5.74, 6) is -3.95. The van der Waals surface area contributed by atoms with Crippen molar-refractivity contribution in [1.82, 2.24) is 5.32 Å². The Morgan fingerprint density at radius 3 is 2.39 bits per heavy atom. The number of hydrogen-bond acceptors (Lipinski definition) is 3. The standard InChI is InChI=1S/C18H14F6N2O2/c19-17(20,21)14(12-3-1-2-4-13(12)28-18(22,23)24)15-11-6-5-9(16(25)27)7-10(11)8-26-15/h1-7,14-15,26H,8H2,(H2,25,27)/t14-,15?/m1/s1. The lowest BCUT2D eigenvalue weighted by molar-refractivity contribution is -0.275. The first-order chi connectivity index (χ1) is 13.0. The molecule has 1 heterocycles. The molecule has 0 fully saturated rings. The van der Waals surface area contributed by atoms with Crippen LogP contribution in [0.2, 0.25) is 0 Å². The Morgan fingerprint density at radius 1 is 1.11 bits per heavy atom. The first kappa shape index (κ1) is 20.0. The summed E-state index contributed by atoms with van der Waals surface area (Å²) in [5, 5.41) is 2.67. The van der Waals surface area contributed by atoms with Crippen molar-refractivity contribution in [3.63, 3.8) is 0 Å². The molecule has 1 aliphatic heterocycles. The van der Waals surface area contributed by atoms with E-state index in [2.05, 4.69) is 10.1 Å². The van der Waals surface area contributed by atoms with Gasteiger partial charge in [-0.3, -0.25) is 4.79 Å². The zero-order valence-corrected chi connectivity index (χ0v) is 14.1. The fourth-order valence-electron chi connectivity index (χ4n) is 3.34. The molecule has 2 aromatic rings. The number of alkyl halides is 6. The molecule has 28 heavy (non-hydrogen) atoms. The molecule has 4 nitrogen and oxygen atoms in total. The van der Waals surface area contributed by atoms with E-state index in [-0.39, 0.29) is 17.7 Å². The van der Waals surface area contributed by atoms with Crippen LogP contribution in [0.15, 0.2) is 42.5 Å². The highest BCUT2D eigenvalue weighted by molar-refractivity contribution is 5.93. The van der Waals surface area contributed by atoms with Crippen LogP contribution >= 0.6 is 0 Å². The molecular weight excluding hydrogens is 390 g/mol. The van der Waals surface area contributed by atoms with Gasteiger partial charge in [0.15, 0.2) is 0 Å².